The average Bonchev–Trinajstić information content (AvgIpc) is 2.94. The predicted molar refractivity (Wildman–Crippen MR) is 97.3 cm³/mol. The molecule has 1 aromatic carbocycles. The SMILES string of the molecule is CC(C)N1CC[C@@H](CN(C)Cc2ccc(OCC(N)=O)c(Cl)c2)C1. The van der Waals surface area contributed by atoms with Crippen LogP contribution in [0.2, 0.25) is 5.02 Å². The molecule has 1 amide bonds. The smallest absolute Gasteiger partial charge is 0.255 e. The van der Waals surface area contributed by atoms with Crippen LogP contribution in [0, 0.1) is 5.92 Å². The number of halogens is 1. The van der Waals surface area contributed by atoms with Gasteiger partial charge in [-0.15, -0.1) is 0 Å². The molecule has 0 aromatic heterocycles. The van der Waals surface area contributed by atoms with Crippen LogP contribution in [0.1, 0.15) is 25.8 Å². The second-order valence-corrected chi connectivity index (χ2v) is 7.37. The molecule has 2 rings (SSSR count). The van der Waals surface area contributed by atoms with Crippen molar-refractivity contribution in [3.8, 4) is 5.75 Å². The van der Waals surface area contributed by atoms with Crippen LogP contribution < -0.4 is 10.5 Å². The lowest BCUT2D eigenvalue weighted by Crippen LogP contribution is -2.31. The summed E-state index contributed by atoms with van der Waals surface area (Å²) in [6.45, 7) is 8.67. The highest BCUT2D eigenvalue weighted by molar-refractivity contribution is 6.32. The van der Waals surface area contributed by atoms with E-state index in [0.29, 0.717) is 16.8 Å². The van der Waals surface area contributed by atoms with Gasteiger partial charge in [0.2, 0.25) is 0 Å². The number of hydrogen-bond acceptors (Lipinski definition) is 4. The van der Waals surface area contributed by atoms with Crippen LogP contribution in [0.15, 0.2) is 18.2 Å². The maximum Gasteiger partial charge on any atom is 0.255 e. The molecule has 1 saturated heterocycles. The number of primary amides is 1. The van der Waals surface area contributed by atoms with Crippen molar-refractivity contribution in [3.63, 3.8) is 0 Å². The Bertz CT molecular complexity index is 565. The summed E-state index contributed by atoms with van der Waals surface area (Å²) in [5.41, 5.74) is 6.21. The first-order valence-corrected chi connectivity index (χ1v) is 8.85. The van der Waals surface area contributed by atoms with E-state index in [1.54, 1.807) is 6.07 Å². The van der Waals surface area contributed by atoms with Crippen molar-refractivity contribution in [2.24, 2.45) is 11.7 Å². The third-order valence-electron chi connectivity index (χ3n) is 4.44. The summed E-state index contributed by atoms with van der Waals surface area (Å²) >= 11 is 6.22. The standard InChI is InChI=1S/C18H28ClN3O2/c1-13(2)22-7-6-15(11-22)10-21(3)9-14-4-5-17(16(19)8-14)24-12-18(20)23/h4-5,8,13,15H,6-7,9-12H2,1-3H3,(H2,20,23)/t15-/m0/s1. The molecule has 0 aliphatic carbocycles. The molecule has 24 heavy (non-hydrogen) atoms. The predicted octanol–water partition coefficient (Wildman–Crippen LogP) is 2.37. The molecule has 0 radical (unpaired) electrons. The van der Waals surface area contributed by atoms with Gasteiger partial charge >= 0.3 is 0 Å². The molecule has 0 unspecified atom stereocenters. The Morgan fingerprint density at radius 3 is 2.83 bits per heavy atom. The highest BCUT2D eigenvalue weighted by atomic mass is 35.5. The highest BCUT2D eigenvalue weighted by Crippen LogP contribution is 2.26. The number of likely N-dealkylation sites (tertiary alicyclic amines) is 1. The highest BCUT2D eigenvalue weighted by Gasteiger charge is 2.24. The van der Waals surface area contributed by atoms with E-state index in [1.165, 1.54) is 19.5 Å². The molecule has 0 spiro atoms. The summed E-state index contributed by atoms with van der Waals surface area (Å²) < 4.78 is 5.27. The number of carbonyl (C=O) groups is 1. The Morgan fingerprint density at radius 2 is 2.25 bits per heavy atom. The molecule has 1 aliphatic rings. The monoisotopic (exact) mass is 353 g/mol. The molecule has 1 fully saturated rings. The van der Waals surface area contributed by atoms with Crippen LogP contribution in [0.25, 0.3) is 0 Å². The fraction of sp³-hybridized carbons (Fsp3) is 0.611. The zero-order valence-electron chi connectivity index (χ0n) is 14.8. The third kappa shape index (κ3) is 5.65. The van der Waals surface area contributed by atoms with Gasteiger partial charge in [-0.3, -0.25) is 4.79 Å². The summed E-state index contributed by atoms with van der Waals surface area (Å²) in [4.78, 5) is 15.6. The van der Waals surface area contributed by atoms with Gasteiger partial charge in [0.25, 0.3) is 5.91 Å². The molecule has 1 aromatic rings. The molecule has 0 saturated carbocycles. The van der Waals surface area contributed by atoms with Gasteiger partial charge in [-0.2, -0.15) is 0 Å². The molecular weight excluding hydrogens is 326 g/mol. The van der Waals surface area contributed by atoms with Crippen LogP contribution in [-0.4, -0.2) is 55.0 Å². The van der Waals surface area contributed by atoms with Crippen molar-refractivity contribution in [2.45, 2.75) is 32.9 Å². The molecular formula is C18H28ClN3O2. The van der Waals surface area contributed by atoms with Crippen LogP contribution in [-0.2, 0) is 11.3 Å². The first-order valence-electron chi connectivity index (χ1n) is 8.47. The molecule has 1 aliphatic heterocycles. The van der Waals surface area contributed by atoms with Crippen molar-refractivity contribution in [1.29, 1.82) is 0 Å². The Morgan fingerprint density at radius 1 is 1.50 bits per heavy atom. The summed E-state index contributed by atoms with van der Waals surface area (Å²) in [6, 6.07) is 6.30. The number of carbonyl (C=O) groups excluding carboxylic acids is 1. The Labute approximate surface area is 149 Å². The number of nitrogens with two attached hydrogens (primary N) is 1. The minimum atomic E-state index is -0.512. The van der Waals surface area contributed by atoms with E-state index in [2.05, 4.69) is 30.7 Å². The van der Waals surface area contributed by atoms with Crippen molar-refractivity contribution in [1.82, 2.24) is 9.80 Å². The van der Waals surface area contributed by atoms with Gasteiger partial charge in [0.05, 0.1) is 5.02 Å². The molecule has 1 atom stereocenters. The maximum atomic E-state index is 10.8. The van der Waals surface area contributed by atoms with Crippen LogP contribution in [0.3, 0.4) is 0 Å². The van der Waals surface area contributed by atoms with Crippen LogP contribution in [0.4, 0.5) is 0 Å². The second kappa shape index (κ2) is 8.70. The van der Waals surface area contributed by atoms with Gasteiger partial charge in [0.1, 0.15) is 5.75 Å². The summed E-state index contributed by atoms with van der Waals surface area (Å²) in [7, 11) is 2.14. The number of nitrogens with zero attached hydrogens (tertiary/aromatic N) is 2. The number of rotatable bonds is 8. The van der Waals surface area contributed by atoms with Crippen LogP contribution >= 0.6 is 11.6 Å². The Balaban J connectivity index is 1.84. The minimum absolute atomic E-state index is 0.160. The second-order valence-electron chi connectivity index (χ2n) is 6.96. The Hall–Kier alpha value is -1.30. The van der Waals surface area contributed by atoms with Gasteiger partial charge < -0.3 is 20.3 Å². The number of ether oxygens (including phenoxy) is 1. The minimum Gasteiger partial charge on any atom is -0.482 e. The van der Waals surface area contributed by atoms with E-state index in [4.69, 9.17) is 22.1 Å². The maximum absolute atomic E-state index is 10.8. The van der Waals surface area contributed by atoms with Crippen LogP contribution in [0.5, 0.6) is 5.75 Å². The van der Waals surface area contributed by atoms with Crippen molar-refractivity contribution >= 4 is 17.5 Å². The molecule has 5 nitrogen and oxygen atoms in total. The van der Waals surface area contributed by atoms with Gasteiger partial charge in [-0.05, 0) is 57.5 Å². The van der Waals surface area contributed by atoms with E-state index in [-0.39, 0.29) is 6.61 Å². The summed E-state index contributed by atoms with van der Waals surface area (Å²) in [6.07, 6.45) is 1.27. The number of hydrogen-bond donors (Lipinski definition) is 1. The lowest BCUT2D eigenvalue weighted by molar-refractivity contribution is -0.119. The number of amides is 1. The van der Waals surface area contributed by atoms with Gasteiger partial charge in [0.15, 0.2) is 6.61 Å². The molecule has 0 bridgehead atoms. The van der Waals surface area contributed by atoms with E-state index in [0.717, 1.165) is 24.6 Å². The summed E-state index contributed by atoms with van der Waals surface area (Å²) in [5, 5.41) is 0.508. The topological polar surface area (TPSA) is 58.8 Å². The fourth-order valence-corrected chi connectivity index (χ4v) is 3.46. The fourth-order valence-electron chi connectivity index (χ4n) is 3.21. The molecule has 2 N–H and O–H groups in total. The van der Waals surface area contributed by atoms with Gasteiger partial charge in [0, 0.05) is 25.7 Å². The van der Waals surface area contributed by atoms with E-state index in [1.807, 2.05) is 12.1 Å². The lowest BCUT2D eigenvalue weighted by atomic mass is 10.1. The molecule has 134 valence electrons. The summed E-state index contributed by atoms with van der Waals surface area (Å²) in [5.74, 6) is 0.707. The average molecular weight is 354 g/mol. The largest absolute Gasteiger partial charge is 0.482 e. The quantitative estimate of drug-likeness (QED) is 0.779. The number of benzene rings is 1. The zero-order valence-corrected chi connectivity index (χ0v) is 15.6. The van der Waals surface area contributed by atoms with Crippen molar-refractivity contribution in [3.05, 3.63) is 28.8 Å². The Kier molecular flexibility index (Phi) is 6.90. The van der Waals surface area contributed by atoms with Crippen molar-refractivity contribution in [2.75, 3.05) is 33.3 Å². The van der Waals surface area contributed by atoms with Crippen molar-refractivity contribution < 1.29 is 9.53 Å². The lowest BCUT2D eigenvalue weighted by Gasteiger charge is -2.23. The first-order chi connectivity index (χ1) is 11.3. The van der Waals surface area contributed by atoms with E-state index in [9.17, 15) is 4.79 Å². The van der Waals surface area contributed by atoms with Gasteiger partial charge in [-0.25, -0.2) is 0 Å². The first kappa shape index (κ1) is 19.0. The molecule has 6 heteroatoms. The van der Waals surface area contributed by atoms with E-state index < -0.39 is 5.91 Å². The van der Waals surface area contributed by atoms with Gasteiger partial charge in [-0.1, -0.05) is 17.7 Å². The third-order valence-corrected chi connectivity index (χ3v) is 4.73. The zero-order chi connectivity index (χ0) is 17.7. The van der Waals surface area contributed by atoms with E-state index >= 15 is 0 Å². The molecule has 1 heterocycles. The normalized spacial score (nSPS) is 18.5.